The standard InChI is InChI=1S/C15H19FN2/c16-14-3-1-2-13-12(14)4-5-15(13)18-8-10-6-17-7-11(10)9-18/h1-3,10-11,15,17H,4-9H2. The van der Waals surface area contributed by atoms with Crippen LogP contribution in [0.15, 0.2) is 18.2 Å². The van der Waals surface area contributed by atoms with Crippen molar-refractivity contribution in [3.05, 3.63) is 35.1 Å². The monoisotopic (exact) mass is 246 g/mol. The van der Waals surface area contributed by atoms with Crippen molar-refractivity contribution < 1.29 is 4.39 Å². The number of fused-ring (bicyclic) bond motifs is 2. The highest BCUT2D eigenvalue weighted by molar-refractivity contribution is 5.36. The second-order valence-corrected chi connectivity index (χ2v) is 5.99. The Bertz CT molecular complexity index is 462. The minimum atomic E-state index is -0.00365. The summed E-state index contributed by atoms with van der Waals surface area (Å²) in [5.41, 5.74) is 2.22. The minimum Gasteiger partial charge on any atom is -0.316 e. The van der Waals surface area contributed by atoms with E-state index in [1.807, 2.05) is 6.07 Å². The second-order valence-electron chi connectivity index (χ2n) is 5.99. The van der Waals surface area contributed by atoms with Crippen molar-refractivity contribution in [3.8, 4) is 0 Å². The van der Waals surface area contributed by atoms with Gasteiger partial charge in [0.2, 0.25) is 0 Å². The Hall–Kier alpha value is -0.930. The molecule has 3 unspecified atom stereocenters. The third-order valence-electron chi connectivity index (χ3n) is 5.04. The van der Waals surface area contributed by atoms with Gasteiger partial charge >= 0.3 is 0 Å². The van der Waals surface area contributed by atoms with E-state index in [1.54, 1.807) is 6.07 Å². The van der Waals surface area contributed by atoms with Crippen molar-refractivity contribution in [2.24, 2.45) is 11.8 Å². The van der Waals surface area contributed by atoms with Crippen LogP contribution in [0.4, 0.5) is 4.39 Å². The fourth-order valence-electron chi connectivity index (χ4n) is 4.11. The maximum Gasteiger partial charge on any atom is 0.126 e. The van der Waals surface area contributed by atoms with Gasteiger partial charge in [-0.15, -0.1) is 0 Å². The number of likely N-dealkylation sites (tertiary alicyclic amines) is 1. The first-order valence-electron chi connectivity index (χ1n) is 7.05. The highest BCUT2D eigenvalue weighted by Gasteiger charge is 2.40. The van der Waals surface area contributed by atoms with Crippen LogP contribution in [0.2, 0.25) is 0 Å². The number of nitrogens with one attached hydrogen (secondary N) is 1. The van der Waals surface area contributed by atoms with Crippen LogP contribution in [0.25, 0.3) is 0 Å². The van der Waals surface area contributed by atoms with Crippen molar-refractivity contribution in [3.63, 3.8) is 0 Å². The van der Waals surface area contributed by atoms with Crippen molar-refractivity contribution in [1.29, 1.82) is 0 Å². The van der Waals surface area contributed by atoms with Gasteiger partial charge in [0.05, 0.1) is 0 Å². The quantitative estimate of drug-likeness (QED) is 0.815. The lowest BCUT2D eigenvalue weighted by Crippen LogP contribution is -2.28. The zero-order chi connectivity index (χ0) is 12.1. The fourth-order valence-corrected chi connectivity index (χ4v) is 4.11. The fraction of sp³-hybridized carbons (Fsp3) is 0.600. The van der Waals surface area contributed by atoms with Gasteiger partial charge in [-0.2, -0.15) is 0 Å². The lowest BCUT2D eigenvalue weighted by atomic mass is 10.0. The molecule has 0 bridgehead atoms. The maximum atomic E-state index is 13.8. The van der Waals surface area contributed by atoms with Crippen LogP contribution in [0.5, 0.6) is 0 Å². The first-order valence-corrected chi connectivity index (χ1v) is 7.05. The molecular formula is C15H19FN2. The second kappa shape index (κ2) is 4.04. The van der Waals surface area contributed by atoms with E-state index in [-0.39, 0.29) is 5.82 Å². The molecule has 1 aliphatic carbocycles. The predicted molar refractivity (Wildman–Crippen MR) is 68.9 cm³/mol. The van der Waals surface area contributed by atoms with Crippen LogP contribution in [0, 0.1) is 17.7 Å². The van der Waals surface area contributed by atoms with Crippen molar-refractivity contribution in [1.82, 2.24) is 10.2 Å². The van der Waals surface area contributed by atoms with E-state index < -0.39 is 0 Å². The molecule has 18 heavy (non-hydrogen) atoms. The van der Waals surface area contributed by atoms with Crippen LogP contribution in [-0.2, 0) is 6.42 Å². The first kappa shape index (κ1) is 10.9. The Balaban J connectivity index is 1.60. The zero-order valence-electron chi connectivity index (χ0n) is 10.5. The largest absolute Gasteiger partial charge is 0.316 e. The molecule has 3 heteroatoms. The summed E-state index contributed by atoms with van der Waals surface area (Å²) >= 11 is 0. The molecule has 1 aromatic carbocycles. The number of rotatable bonds is 1. The lowest BCUT2D eigenvalue weighted by molar-refractivity contribution is 0.228. The van der Waals surface area contributed by atoms with Gasteiger partial charge < -0.3 is 5.32 Å². The van der Waals surface area contributed by atoms with Crippen LogP contribution in [0.1, 0.15) is 23.6 Å². The molecule has 0 radical (unpaired) electrons. The number of nitrogens with zero attached hydrogens (tertiary/aromatic N) is 1. The molecule has 2 fully saturated rings. The molecule has 0 amide bonds. The summed E-state index contributed by atoms with van der Waals surface area (Å²) in [6, 6.07) is 6.07. The van der Waals surface area contributed by atoms with Crippen molar-refractivity contribution >= 4 is 0 Å². The van der Waals surface area contributed by atoms with E-state index in [0.717, 1.165) is 30.2 Å². The summed E-state index contributed by atoms with van der Waals surface area (Å²) in [6.07, 6.45) is 2.01. The summed E-state index contributed by atoms with van der Waals surface area (Å²) in [5, 5.41) is 3.48. The smallest absolute Gasteiger partial charge is 0.126 e. The van der Waals surface area contributed by atoms with Gasteiger partial charge in [0.1, 0.15) is 5.82 Å². The number of halogens is 1. The Labute approximate surface area is 107 Å². The molecule has 4 rings (SSSR count). The Morgan fingerprint density at radius 1 is 1.17 bits per heavy atom. The number of hydrogen-bond acceptors (Lipinski definition) is 2. The molecule has 3 atom stereocenters. The van der Waals surface area contributed by atoms with Gasteiger partial charge in [0, 0.05) is 19.1 Å². The summed E-state index contributed by atoms with van der Waals surface area (Å²) < 4.78 is 13.8. The van der Waals surface area contributed by atoms with Gasteiger partial charge in [-0.3, -0.25) is 4.90 Å². The summed E-state index contributed by atoms with van der Waals surface area (Å²) in [6.45, 7) is 4.73. The van der Waals surface area contributed by atoms with Gasteiger partial charge in [-0.05, 0) is 55.0 Å². The Kier molecular flexibility index (Phi) is 2.45. The topological polar surface area (TPSA) is 15.3 Å². The van der Waals surface area contributed by atoms with Gasteiger partial charge in [-0.1, -0.05) is 12.1 Å². The van der Waals surface area contributed by atoms with Gasteiger partial charge in [0.25, 0.3) is 0 Å². The lowest BCUT2D eigenvalue weighted by Gasteiger charge is -2.25. The molecule has 2 nitrogen and oxygen atoms in total. The van der Waals surface area contributed by atoms with Crippen LogP contribution >= 0.6 is 0 Å². The molecule has 2 heterocycles. The predicted octanol–water partition coefficient (Wildman–Crippen LogP) is 1.96. The first-order chi connectivity index (χ1) is 8.83. The van der Waals surface area contributed by atoms with E-state index in [9.17, 15) is 4.39 Å². The molecule has 1 aromatic rings. The molecule has 0 aromatic heterocycles. The molecule has 0 saturated carbocycles. The highest BCUT2D eigenvalue weighted by Crippen LogP contribution is 2.41. The van der Waals surface area contributed by atoms with Crippen LogP contribution in [-0.4, -0.2) is 31.1 Å². The molecule has 96 valence electrons. The zero-order valence-corrected chi connectivity index (χ0v) is 10.5. The molecule has 2 saturated heterocycles. The molecule has 1 N–H and O–H groups in total. The average molecular weight is 246 g/mol. The summed E-state index contributed by atoms with van der Waals surface area (Å²) in [5.74, 6) is 1.64. The summed E-state index contributed by atoms with van der Waals surface area (Å²) in [4.78, 5) is 2.60. The van der Waals surface area contributed by atoms with Crippen molar-refractivity contribution in [2.45, 2.75) is 18.9 Å². The van der Waals surface area contributed by atoms with E-state index >= 15 is 0 Å². The van der Waals surface area contributed by atoms with Crippen LogP contribution < -0.4 is 5.32 Å². The van der Waals surface area contributed by atoms with E-state index in [0.29, 0.717) is 6.04 Å². The molecule has 3 aliphatic rings. The maximum absolute atomic E-state index is 13.8. The third-order valence-corrected chi connectivity index (χ3v) is 5.04. The molecule has 2 aliphatic heterocycles. The van der Waals surface area contributed by atoms with Gasteiger partial charge in [0.15, 0.2) is 0 Å². The van der Waals surface area contributed by atoms with E-state index in [4.69, 9.17) is 0 Å². The molecular weight excluding hydrogens is 227 g/mol. The Morgan fingerprint density at radius 2 is 1.94 bits per heavy atom. The van der Waals surface area contributed by atoms with E-state index in [2.05, 4.69) is 16.3 Å². The van der Waals surface area contributed by atoms with Crippen LogP contribution in [0.3, 0.4) is 0 Å². The normalized spacial score (nSPS) is 34.8. The Morgan fingerprint density at radius 3 is 2.72 bits per heavy atom. The van der Waals surface area contributed by atoms with Crippen molar-refractivity contribution in [2.75, 3.05) is 26.2 Å². The third kappa shape index (κ3) is 1.54. The van der Waals surface area contributed by atoms with E-state index in [1.165, 1.54) is 31.7 Å². The van der Waals surface area contributed by atoms with Gasteiger partial charge in [-0.25, -0.2) is 4.39 Å². The summed E-state index contributed by atoms with van der Waals surface area (Å²) in [7, 11) is 0. The molecule has 0 spiro atoms. The SMILES string of the molecule is Fc1cccc2c1CCC2N1CC2CNCC2C1. The number of benzene rings is 1. The highest BCUT2D eigenvalue weighted by atomic mass is 19.1. The number of hydrogen-bond donors (Lipinski definition) is 1. The average Bonchev–Trinajstić information content (AvgIpc) is 3.00. The minimum absolute atomic E-state index is 0.00365.